The molecule has 29 heavy (non-hydrogen) atoms. The number of benzene rings is 1. The van der Waals surface area contributed by atoms with Crippen LogP contribution in [-0.2, 0) is 11.3 Å². The number of amides is 1. The Labute approximate surface area is 165 Å². The summed E-state index contributed by atoms with van der Waals surface area (Å²) in [5, 5.41) is 3.03. The maximum Gasteiger partial charge on any atom is 0.264 e. The third-order valence-corrected chi connectivity index (χ3v) is 4.93. The van der Waals surface area contributed by atoms with E-state index in [0.29, 0.717) is 28.8 Å². The number of rotatable bonds is 4. The summed E-state index contributed by atoms with van der Waals surface area (Å²) in [5.41, 5.74) is 0.530. The topological polar surface area (TPSA) is 111 Å². The van der Waals surface area contributed by atoms with E-state index in [0.717, 1.165) is 25.9 Å². The number of carbonyl (C=O) groups is 1. The van der Waals surface area contributed by atoms with Crippen molar-refractivity contribution in [2.24, 2.45) is 0 Å². The van der Waals surface area contributed by atoms with Crippen molar-refractivity contribution in [3.8, 4) is 11.5 Å². The molecule has 2 aliphatic heterocycles. The summed E-state index contributed by atoms with van der Waals surface area (Å²) in [4.78, 5) is 40.1. The van der Waals surface area contributed by atoms with Crippen LogP contribution in [0.1, 0.15) is 12.8 Å². The fourth-order valence-corrected chi connectivity index (χ4v) is 3.46. The summed E-state index contributed by atoms with van der Waals surface area (Å²) in [5.74, 6) is 1.42. The minimum atomic E-state index is -0.360. The maximum atomic E-state index is 12.7. The van der Waals surface area contributed by atoms with E-state index in [1.165, 1.54) is 17.1 Å². The summed E-state index contributed by atoms with van der Waals surface area (Å²) >= 11 is 0. The van der Waals surface area contributed by atoms with Crippen LogP contribution in [0, 0.1) is 0 Å². The van der Waals surface area contributed by atoms with Crippen LogP contribution in [0.3, 0.4) is 0 Å². The zero-order chi connectivity index (χ0) is 19.8. The number of hydrogen-bond donors (Lipinski definition) is 1. The van der Waals surface area contributed by atoms with Gasteiger partial charge in [-0.15, -0.1) is 0 Å². The van der Waals surface area contributed by atoms with Crippen molar-refractivity contribution < 1.29 is 14.3 Å². The van der Waals surface area contributed by atoms with Crippen LogP contribution in [0.2, 0.25) is 0 Å². The van der Waals surface area contributed by atoms with Gasteiger partial charge < -0.3 is 19.7 Å². The largest absolute Gasteiger partial charge is 0.454 e. The molecule has 0 atom stereocenters. The van der Waals surface area contributed by atoms with Gasteiger partial charge in [0.05, 0.1) is 0 Å². The lowest BCUT2D eigenvalue weighted by Gasteiger charge is -2.14. The molecule has 3 aromatic rings. The van der Waals surface area contributed by atoms with E-state index in [4.69, 9.17) is 9.47 Å². The third kappa shape index (κ3) is 3.33. The molecule has 1 saturated heterocycles. The normalized spacial score (nSPS) is 15.1. The average molecular weight is 394 g/mol. The summed E-state index contributed by atoms with van der Waals surface area (Å²) < 4.78 is 11.8. The fraction of sp³-hybridized carbons (Fsp3) is 0.316. The van der Waals surface area contributed by atoms with E-state index >= 15 is 0 Å². The van der Waals surface area contributed by atoms with Gasteiger partial charge in [0.15, 0.2) is 17.1 Å². The summed E-state index contributed by atoms with van der Waals surface area (Å²) in [7, 11) is 0. The van der Waals surface area contributed by atoms with Gasteiger partial charge in [-0.25, -0.2) is 9.97 Å². The monoisotopic (exact) mass is 394 g/mol. The Morgan fingerprint density at radius 1 is 1.14 bits per heavy atom. The zero-order valence-electron chi connectivity index (χ0n) is 15.5. The molecule has 1 aromatic carbocycles. The van der Waals surface area contributed by atoms with E-state index < -0.39 is 0 Å². The molecule has 0 aliphatic carbocycles. The first-order valence-electron chi connectivity index (χ1n) is 9.34. The summed E-state index contributed by atoms with van der Waals surface area (Å²) in [6.45, 7) is 1.79. The molecule has 5 rings (SSSR count). The van der Waals surface area contributed by atoms with Crippen molar-refractivity contribution in [3.63, 3.8) is 0 Å². The lowest BCUT2D eigenvalue weighted by atomic mass is 10.3. The smallest absolute Gasteiger partial charge is 0.264 e. The van der Waals surface area contributed by atoms with Gasteiger partial charge in [-0.2, -0.15) is 4.98 Å². The van der Waals surface area contributed by atoms with Crippen molar-refractivity contribution in [3.05, 3.63) is 41.1 Å². The van der Waals surface area contributed by atoms with Gasteiger partial charge in [-0.3, -0.25) is 14.2 Å². The molecule has 1 N–H and O–H groups in total. The maximum absolute atomic E-state index is 12.7. The molecule has 2 aromatic heterocycles. The van der Waals surface area contributed by atoms with Gasteiger partial charge in [0.2, 0.25) is 18.6 Å². The number of hydrogen-bond acceptors (Lipinski definition) is 8. The highest BCUT2D eigenvalue weighted by molar-refractivity contribution is 5.91. The molecule has 0 unspecified atom stereocenters. The van der Waals surface area contributed by atoms with Crippen LogP contribution in [0.25, 0.3) is 11.0 Å². The molecular formula is C19H18N6O4. The first-order chi connectivity index (χ1) is 14.2. The van der Waals surface area contributed by atoms with E-state index in [1.807, 2.05) is 0 Å². The predicted molar refractivity (Wildman–Crippen MR) is 104 cm³/mol. The Morgan fingerprint density at radius 2 is 1.97 bits per heavy atom. The second kappa shape index (κ2) is 7.04. The number of nitrogens with one attached hydrogen (secondary N) is 1. The lowest BCUT2D eigenvalue weighted by Crippen LogP contribution is -2.28. The standard InChI is InChI=1S/C19H18N6O4/c26-16(22-12-3-4-14-15(7-12)29-11-28-14)9-25-10-21-17-13(18(25)27)8-20-19(23-17)24-5-1-2-6-24/h3-4,7-8,10H,1-2,5-6,9,11H2,(H,22,26). The molecule has 0 saturated carbocycles. The highest BCUT2D eigenvalue weighted by atomic mass is 16.7. The van der Waals surface area contributed by atoms with Crippen LogP contribution < -0.4 is 25.2 Å². The third-order valence-electron chi connectivity index (χ3n) is 4.93. The van der Waals surface area contributed by atoms with E-state index in [9.17, 15) is 9.59 Å². The quantitative estimate of drug-likeness (QED) is 0.702. The SMILES string of the molecule is O=C(Cn1cnc2nc(N3CCCC3)ncc2c1=O)Nc1ccc2c(c1)OCO2. The van der Waals surface area contributed by atoms with Crippen LogP contribution in [0.4, 0.5) is 11.6 Å². The first-order valence-corrected chi connectivity index (χ1v) is 9.34. The Balaban J connectivity index is 1.34. The molecular weight excluding hydrogens is 376 g/mol. The van der Waals surface area contributed by atoms with Gasteiger partial charge in [-0.1, -0.05) is 0 Å². The van der Waals surface area contributed by atoms with E-state index in [2.05, 4.69) is 25.2 Å². The van der Waals surface area contributed by atoms with Gasteiger partial charge in [0, 0.05) is 31.0 Å². The highest BCUT2D eigenvalue weighted by Gasteiger charge is 2.18. The van der Waals surface area contributed by atoms with Crippen LogP contribution in [-0.4, -0.2) is 45.3 Å². The molecule has 1 amide bonds. The number of fused-ring (bicyclic) bond motifs is 2. The van der Waals surface area contributed by atoms with Gasteiger partial charge >= 0.3 is 0 Å². The number of anilines is 2. The van der Waals surface area contributed by atoms with E-state index in [1.54, 1.807) is 18.2 Å². The van der Waals surface area contributed by atoms with Crippen molar-refractivity contribution in [1.29, 1.82) is 0 Å². The van der Waals surface area contributed by atoms with Gasteiger partial charge in [-0.05, 0) is 25.0 Å². The minimum absolute atomic E-state index is 0.159. The van der Waals surface area contributed by atoms with Gasteiger partial charge in [0.25, 0.3) is 5.56 Å². The van der Waals surface area contributed by atoms with Crippen LogP contribution >= 0.6 is 0 Å². The lowest BCUT2D eigenvalue weighted by molar-refractivity contribution is -0.116. The molecule has 10 heteroatoms. The van der Waals surface area contributed by atoms with Crippen molar-refractivity contribution >= 4 is 28.6 Å². The number of aromatic nitrogens is 4. The minimum Gasteiger partial charge on any atom is -0.454 e. The molecule has 0 bridgehead atoms. The second-order valence-electron chi connectivity index (χ2n) is 6.90. The zero-order valence-corrected chi connectivity index (χ0v) is 15.5. The first kappa shape index (κ1) is 17.4. The molecule has 148 valence electrons. The fourth-order valence-electron chi connectivity index (χ4n) is 3.46. The Kier molecular flexibility index (Phi) is 4.23. The number of nitrogens with zero attached hydrogens (tertiary/aromatic N) is 5. The highest BCUT2D eigenvalue weighted by Crippen LogP contribution is 2.34. The predicted octanol–water partition coefficient (Wildman–Crippen LogP) is 1.15. The molecule has 0 radical (unpaired) electrons. The number of carbonyl (C=O) groups excluding carboxylic acids is 1. The van der Waals surface area contributed by atoms with Gasteiger partial charge in [0.1, 0.15) is 18.3 Å². The van der Waals surface area contributed by atoms with Crippen LogP contribution in [0.5, 0.6) is 11.5 Å². The molecule has 4 heterocycles. The summed E-state index contributed by atoms with van der Waals surface area (Å²) in [6, 6.07) is 5.10. The van der Waals surface area contributed by atoms with Crippen molar-refractivity contribution in [2.75, 3.05) is 30.1 Å². The molecule has 0 spiro atoms. The Bertz CT molecular complexity index is 1160. The van der Waals surface area contributed by atoms with E-state index in [-0.39, 0.29) is 30.2 Å². The van der Waals surface area contributed by atoms with Crippen LogP contribution in [0.15, 0.2) is 35.5 Å². The molecule has 2 aliphatic rings. The average Bonchev–Trinajstić information content (AvgIpc) is 3.41. The Hall–Kier alpha value is -3.69. The van der Waals surface area contributed by atoms with Crippen molar-refractivity contribution in [1.82, 2.24) is 19.5 Å². The van der Waals surface area contributed by atoms with Crippen molar-refractivity contribution in [2.45, 2.75) is 19.4 Å². The molecule has 10 nitrogen and oxygen atoms in total. The number of ether oxygens (including phenoxy) is 2. The molecule has 1 fully saturated rings. The second-order valence-corrected chi connectivity index (χ2v) is 6.90. The Morgan fingerprint density at radius 3 is 2.83 bits per heavy atom. The summed E-state index contributed by atoms with van der Waals surface area (Å²) in [6.07, 6.45) is 5.03.